The zero-order valence-electron chi connectivity index (χ0n) is 11.2. The Kier molecular flexibility index (Phi) is 3.67. The number of hydrogen-bond acceptors (Lipinski definition) is 4. The van der Waals surface area contributed by atoms with E-state index >= 15 is 0 Å². The van der Waals surface area contributed by atoms with Gasteiger partial charge in [-0.3, -0.25) is 5.10 Å². The maximum absolute atomic E-state index is 9.98. The number of aromatic hydroxyl groups is 1. The first kappa shape index (κ1) is 13.5. The molecule has 1 aromatic carbocycles. The van der Waals surface area contributed by atoms with Crippen molar-refractivity contribution in [1.29, 1.82) is 0 Å². The van der Waals surface area contributed by atoms with Gasteiger partial charge in [-0.15, -0.1) is 0 Å². The van der Waals surface area contributed by atoms with E-state index in [1.165, 1.54) is 11.3 Å². The van der Waals surface area contributed by atoms with Gasteiger partial charge in [0.1, 0.15) is 0 Å². The lowest BCUT2D eigenvalue weighted by atomic mass is 10.0. The molecule has 0 spiro atoms. The number of hydrogen-bond donors (Lipinski definition) is 3. The van der Waals surface area contributed by atoms with Crippen LogP contribution in [0.2, 0.25) is 0 Å². The lowest BCUT2D eigenvalue weighted by Gasteiger charge is -2.14. The summed E-state index contributed by atoms with van der Waals surface area (Å²) in [7, 11) is 0. The monoisotopic (exact) mass is 337 g/mol. The smallest absolute Gasteiger partial charge is 0.172 e. The molecule has 2 heterocycles. The summed E-state index contributed by atoms with van der Waals surface area (Å²) >= 11 is 3.36. The number of fused-ring (bicyclic) bond motifs is 1. The summed E-state index contributed by atoms with van der Waals surface area (Å²) in [6.07, 6.45) is 0.958. The second-order valence-electron chi connectivity index (χ2n) is 4.69. The summed E-state index contributed by atoms with van der Waals surface area (Å²) in [4.78, 5) is 0. The molecule has 0 radical (unpaired) electrons. The number of H-pyrrole nitrogens is 1. The first-order valence-electron chi connectivity index (χ1n) is 6.63. The number of nitrogens with zero attached hydrogens (tertiary/aromatic N) is 1. The van der Waals surface area contributed by atoms with Gasteiger partial charge in [-0.2, -0.15) is 5.10 Å². The molecule has 0 saturated heterocycles. The van der Waals surface area contributed by atoms with E-state index in [9.17, 15) is 5.11 Å². The summed E-state index contributed by atoms with van der Waals surface area (Å²) in [5, 5.41) is 20.8. The molecule has 5 nitrogen and oxygen atoms in total. The average Bonchev–Trinajstić information content (AvgIpc) is 2.88. The van der Waals surface area contributed by atoms with Gasteiger partial charge in [0.15, 0.2) is 11.5 Å². The second kappa shape index (κ2) is 5.46. The van der Waals surface area contributed by atoms with Gasteiger partial charge in [-0.05, 0) is 35.0 Å². The standard InChI is InChI=1S/C14H16BrN3O2/c1-2-20-12-6-8(5-10(15)14(12)19)13-9-7-16-4-3-11(9)17-18-13/h5-6,16,19H,2-4,7H2,1H3,(H,17,18). The SMILES string of the molecule is CCOc1cc(-c2n[nH]c3c2CNCC3)cc(Br)c1O. The minimum absolute atomic E-state index is 0.123. The lowest BCUT2D eigenvalue weighted by Crippen LogP contribution is -2.23. The summed E-state index contributed by atoms with van der Waals surface area (Å²) in [6.45, 7) is 4.17. The molecule has 106 valence electrons. The average molecular weight is 338 g/mol. The van der Waals surface area contributed by atoms with Crippen LogP contribution in [0.25, 0.3) is 11.3 Å². The Morgan fingerprint density at radius 2 is 2.30 bits per heavy atom. The third-order valence-corrected chi connectivity index (χ3v) is 4.01. The molecular weight excluding hydrogens is 322 g/mol. The van der Waals surface area contributed by atoms with Crippen molar-refractivity contribution in [3.05, 3.63) is 27.9 Å². The molecule has 1 aliphatic rings. The van der Waals surface area contributed by atoms with Crippen LogP contribution in [0, 0.1) is 0 Å². The number of phenolic OH excluding ortho intramolecular Hbond substituents is 1. The molecule has 3 N–H and O–H groups in total. The van der Waals surface area contributed by atoms with Crippen molar-refractivity contribution in [2.24, 2.45) is 0 Å². The van der Waals surface area contributed by atoms with E-state index in [0.29, 0.717) is 16.8 Å². The zero-order chi connectivity index (χ0) is 14.1. The van der Waals surface area contributed by atoms with Crippen molar-refractivity contribution in [1.82, 2.24) is 15.5 Å². The molecule has 6 heteroatoms. The molecule has 20 heavy (non-hydrogen) atoms. The van der Waals surface area contributed by atoms with E-state index in [1.54, 1.807) is 0 Å². The fourth-order valence-electron chi connectivity index (χ4n) is 2.44. The van der Waals surface area contributed by atoms with Crippen LogP contribution < -0.4 is 10.1 Å². The fourth-order valence-corrected chi connectivity index (χ4v) is 2.88. The van der Waals surface area contributed by atoms with Crippen molar-refractivity contribution in [2.45, 2.75) is 19.9 Å². The zero-order valence-corrected chi connectivity index (χ0v) is 12.7. The molecule has 1 aromatic heterocycles. The molecule has 1 aliphatic heterocycles. The third-order valence-electron chi connectivity index (χ3n) is 3.41. The van der Waals surface area contributed by atoms with Gasteiger partial charge in [0.25, 0.3) is 0 Å². The van der Waals surface area contributed by atoms with Crippen LogP contribution in [0.5, 0.6) is 11.5 Å². The molecule has 0 atom stereocenters. The molecule has 0 bridgehead atoms. The maximum Gasteiger partial charge on any atom is 0.172 e. The highest BCUT2D eigenvalue weighted by Gasteiger charge is 2.19. The number of nitrogens with one attached hydrogen (secondary N) is 2. The minimum atomic E-state index is 0.123. The van der Waals surface area contributed by atoms with E-state index in [1.807, 2.05) is 19.1 Å². The largest absolute Gasteiger partial charge is 0.503 e. The maximum atomic E-state index is 9.98. The minimum Gasteiger partial charge on any atom is -0.503 e. The van der Waals surface area contributed by atoms with Crippen LogP contribution in [0.3, 0.4) is 0 Å². The summed E-state index contributed by atoms with van der Waals surface area (Å²) in [6, 6.07) is 3.69. The highest BCUT2D eigenvalue weighted by molar-refractivity contribution is 9.10. The molecule has 2 aromatic rings. The van der Waals surface area contributed by atoms with Crippen LogP contribution in [-0.2, 0) is 13.0 Å². The van der Waals surface area contributed by atoms with Crippen molar-refractivity contribution in [3.8, 4) is 22.8 Å². The van der Waals surface area contributed by atoms with Crippen LogP contribution in [0.4, 0.5) is 0 Å². The predicted molar refractivity (Wildman–Crippen MR) is 80.0 cm³/mol. The van der Waals surface area contributed by atoms with Gasteiger partial charge in [0.05, 0.1) is 16.8 Å². The van der Waals surface area contributed by atoms with Crippen molar-refractivity contribution in [2.75, 3.05) is 13.2 Å². The summed E-state index contributed by atoms with van der Waals surface area (Å²) in [5.74, 6) is 0.593. The van der Waals surface area contributed by atoms with Crippen molar-refractivity contribution >= 4 is 15.9 Å². The van der Waals surface area contributed by atoms with Gasteiger partial charge in [0, 0.05) is 36.3 Å². The Hall–Kier alpha value is -1.53. The Morgan fingerprint density at radius 1 is 1.45 bits per heavy atom. The number of halogens is 1. The Morgan fingerprint density at radius 3 is 3.10 bits per heavy atom. The highest BCUT2D eigenvalue weighted by atomic mass is 79.9. The van der Waals surface area contributed by atoms with Gasteiger partial charge in [-0.1, -0.05) is 0 Å². The molecule has 0 saturated carbocycles. The van der Waals surface area contributed by atoms with Gasteiger partial charge < -0.3 is 15.2 Å². The van der Waals surface area contributed by atoms with Crippen LogP contribution in [-0.4, -0.2) is 28.5 Å². The van der Waals surface area contributed by atoms with Crippen LogP contribution >= 0.6 is 15.9 Å². The number of ether oxygens (including phenoxy) is 1. The van der Waals surface area contributed by atoms with Gasteiger partial charge >= 0.3 is 0 Å². The topological polar surface area (TPSA) is 70.2 Å². The molecule has 3 rings (SSSR count). The first-order chi connectivity index (χ1) is 9.70. The van der Waals surface area contributed by atoms with E-state index in [2.05, 4.69) is 31.4 Å². The summed E-state index contributed by atoms with van der Waals surface area (Å²) < 4.78 is 6.08. The number of rotatable bonds is 3. The van der Waals surface area contributed by atoms with Crippen molar-refractivity contribution in [3.63, 3.8) is 0 Å². The Balaban J connectivity index is 2.08. The van der Waals surface area contributed by atoms with Gasteiger partial charge in [0.2, 0.25) is 0 Å². The predicted octanol–water partition coefficient (Wildman–Crippen LogP) is 2.59. The van der Waals surface area contributed by atoms with E-state index in [-0.39, 0.29) is 5.75 Å². The number of aromatic nitrogens is 2. The van der Waals surface area contributed by atoms with E-state index in [0.717, 1.165) is 30.8 Å². The van der Waals surface area contributed by atoms with E-state index in [4.69, 9.17) is 4.74 Å². The number of phenols is 1. The number of benzene rings is 1. The van der Waals surface area contributed by atoms with Crippen LogP contribution in [0.1, 0.15) is 18.2 Å². The van der Waals surface area contributed by atoms with Crippen LogP contribution in [0.15, 0.2) is 16.6 Å². The molecule has 0 amide bonds. The first-order valence-corrected chi connectivity index (χ1v) is 7.42. The molecule has 0 unspecified atom stereocenters. The second-order valence-corrected chi connectivity index (χ2v) is 5.55. The highest BCUT2D eigenvalue weighted by Crippen LogP contribution is 2.39. The fraction of sp³-hybridized carbons (Fsp3) is 0.357. The Labute approximate surface area is 125 Å². The summed E-state index contributed by atoms with van der Waals surface area (Å²) in [5.41, 5.74) is 4.21. The van der Waals surface area contributed by atoms with Gasteiger partial charge in [-0.25, -0.2) is 0 Å². The van der Waals surface area contributed by atoms with Crippen molar-refractivity contribution < 1.29 is 9.84 Å². The quantitative estimate of drug-likeness (QED) is 0.805. The van der Waals surface area contributed by atoms with E-state index < -0.39 is 0 Å². The molecule has 0 fully saturated rings. The Bertz CT molecular complexity index is 640. The lowest BCUT2D eigenvalue weighted by molar-refractivity contribution is 0.317. The number of aromatic amines is 1. The third kappa shape index (κ3) is 2.29. The molecule has 0 aliphatic carbocycles. The molecular formula is C14H16BrN3O2. The normalized spacial score (nSPS) is 14.1.